The molecular formula is C14H19ClN4. The van der Waals surface area contributed by atoms with E-state index in [0.717, 1.165) is 24.3 Å². The first-order valence-electron chi connectivity index (χ1n) is 6.35. The van der Waals surface area contributed by atoms with Crippen LogP contribution in [0.25, 0.3) is 0 Å². The van der Waals surface area contributed by atoms with Crippen molar-refractivity contribution in [2.45, 2.75) is 25.3 Å². The predicted molar refractivity (Wildman–Crippen MR) is 77.8 cm³/mol. The lowest BCUT2D eigenvalue weighted by Gasteiger charge is -2.15. The third-order valence-corrected chi connectivity index (χ3v) is 3.38. The predicted octanol–water partition coefficient (Wildman–Crippen LogP) is 2.08. The number of nitrogens with two attached hydrogens (primary N) is 1. The third-order valence-electron chi connectivity index (χ3n) is 3.15. The Morgan fingerprint density at radius 1 is 1.42 bits per heavy atom. The molecule has 5 heteroatoms. The molecule has 1 unspecified atom stereocenters. The first-order chi connectivity index (χ1) is 9.17. The maximum Gasteiger partial charge on any atom is 0.0521 e. The van der Waals surface area contributed by atoms with E-state index in [2.05, 4.69) is 16.6 Å². The summed E-state index contributed by atoms with van der Waals surface area (Å²) in [7, 11) is 1.92. The molecule has 2 aromatic rings. The molecule has 1 aromatic carbocycles. The average Bonchev–Trinajstić information content (AvgIpc) is 2.80. The van der Waals surface area contributed by atoms with Gasteiger partial charge < -0.3 is 0 Å². The second-order valence-electron chi connectivity index (χ2n) is 4.76. The molecule has 0 radical (unpaired) electrons. The molecule has 19 heavy (non-hydrogen) atoms. The third kappa shape index (κ3) is 4.35. The van der Waals surface area contributed by atoms with E-state index in [1.165, 1.54) is 11.1 Å². The second-order valence-corrected chi connectivity index (χ2v) is 5.19. The highest BCUT2D eigenvalue weighted by molar-refractivity contribution is 6.30. The summed E-state index contributed by atoms with van der Waals surface area (Å²) in [6.45, 7) is 0. The highest BCUT2D eigenvalue weighted by Crippen LogP contribution is 2.14. The van der Waals surface area contributed by atoms with Gasteiger partial charge in [-0.3, -0.25) is 16.0 Å². The number of aryl methyl sites for hydroxylation is 2. The fourth-order valence-corrected chi connectivity index (χ4v) is 2.35. The fourth-order valence-electron chi connectivity index (χ4n) is 2.13. The lowest BCUT2D eigenvalue weighted by molar-refractivity contribution is 0.491. The monoisotopic (exact) mass is 278 g/mol. The molecule has 0 amide bonds. The van der Waals surface area contributed by atoms with Gasteiger partial charge in [-0.15, -0.1) is 0 Å². The van der Waals surface area contributed by atoms with Crippen molar-refractivity contribution in [1.82, 2.24) is 15.2 Å². The fraction of sp³-hybridized carbons (Fsp3) is 0.357. The van der Waals surface area contributed by atoms with Crippen molar-refractivity contribution in [3.8, 4) is 0 Å². The Morgan fingerprint density at radius 3 is 2.89 bits per heavy atom. The van der Waals surface area contributed by atoms with Gasteiger partial charge >= 0.3 is 0 Å². The van der Waals surface area contributed by atoms with Crippen LogP contribution >= 0.6 is 11.6 Å². The molecule has 0 aliphatic carbocycles. The van der Waals surface area contributed by atoms with Crippen LogP contribution in [-0.2, 0) is 19.9 Å². The largest absolute Gasteiger partial charge is 0.276 e. The van der Waals surface area contributed by atoms with Crippen molar-refractivity contribution in [1.29, 1.82) is 0 Å². The minimum absolute atomic E-state index is 0.235. The molecule has 0 aliphatic rings. The molecule has 0 aliphatic heterocycles. The van der Waals surface area contributed by atoms with Crippen LogP contribution in [0.15, 0.2) is 36.7 Å². The zero-order valence-corrected chi connectivity index (χ0v) is 11.8. The molecule has 102 valence electrons. The molecule has 2 rings (SSSR count). The Morgan fingerprint density at radius 2 is 2.26 bits per heavy atom. The van der Waals surface area contributed by atoms with E-state index >= 15 is 0 Å². The van der Waals surface area contributed by atoms with Crippen molar-refractivity contribution < 1.29 is 0 Å². The van der Waals surface area contributed by atoms with Crippen molar-refractivity contribution in [2.75, 3.05) is 0 Å². The number of nitrogens with zero attached hydrogens (tertiary/aromatic N) is 2. The topological polar surface area (TPSA) is 55.9 Å². The number of hydrazine groups is 1. The van der Waals surface area contributed by atoms with Crippen molar-refractivity contribution >= 4 is 11.6 Å². The van der Waals surface area contributed by atoms with Crippen molar-refractivity contribution in [3.05, 3.63) is 52.8 Å². The van der Waals surface area contributed by atoms with E-state index in [4.69, 9.17) is 17.4 Å². The molecule has 4 nitrogen and oxygen atoms in total. The number of halogens is 1. The number of benzene rings is 1. The maximum absolute atomic E-state index is 5.98. The summed E-state index contributed by atoms with van der Waals surface area (Å²) in [5.74, 6) is 5.62. The Bertz CT molecular complexity index is 524. The molecule has 3 N–H and O–H groups in total. The Balaban J connectivity index is 1.89. The smallest absolute Gasteiger partial charge is 0.0521 e. The first-order valence-corrected chi connectivity index (χ1v) is 6.73. The van der Waals surface area contributed by atoms with Gasteiger partial charge in [-0.25, -0.2) is 0 Å². The summed E-state index contributed by atoms with van der Waals surface area (Å²) in [4.78, 5) is 0. The quantitative estimate of drug-likeness (QED) is 0.628. The van der Waals surface area contributed by atoms with Crippen LogP contribution < -0.4 is 11.3 Å². The van der Waals surface area contributed by atoms with E-state index in [1.807, 2.05) is 42.3 Å². The molecule has 0 fully saturated rings. The van der Waals surface area contributed by atoms with Gasteiger partial charge in [-0.05, 0) is 42.5 Å². The van der Waals surface area contributed by atoms with E-state index in [-0.39, 0.29) is 6.04 Å². The normalized spacial score (nSPS) is 12.6. The Hall–Kier alpha value is -1.36. The Kier molecular flexibility index (Phi) is 4.96. The summed E-state index contributed by atoms with van der Waals surface area (Å²) in [6.07, 6.45) is 6.73. The summed E-state index contributed by atoms with van der Waals surface area (Å²) in [5, 5.41) is 4.93. The number of rotatable bonds is 6. The lowest BCUT2D eigenvalue weighted by Crippen LogP contribution is -2.37. The van der Waals surface area contributed by atoms with Gasteiger partial charge in [-0.1, -0.05) is 23.7 Å². The van der Waals surface area contributed by atoms with Crippen LogP contribution in [0.5, 0.6) is 0 Å². The standard InChI is InChI=1S/C14H19ClN4/c1-19-10-12(9-17-19)5-6-14(18-16)8-11-3-2-4-13(15)7-11/h2-4,7,9-10,14,18H,5-6,8,16H2,1H3. The number of aromatic nitrogens is 2. The van der Waals surface area contributed by atoms with Crippen LogP contribution in [0.3, 0.4) is 0 Å². The summed E-state index contributed by atoms with van der Waals surface area (Å²) in [5.41, 5.74) is 5.30. The van der Waals surface area contributed by atoms with Crippen LogP contribution in [0.2, 0.25) is 5.02 Å². The maximum atomic E-state index is 5.98. The van der Waals surface area contributed by atoms with Crippen molar-refractivity contribution in [2.24, 2.45) is 12.9 Å². The summed E-state index contributed by atoms with van der Waals surface area (Å²) < 4.78 is 1.82. The SMILES string of the molecule is Cn1cc(CCC(Cc2cccc(Cl)c2)NN)cn1. The van der Waals surface area contributed by atoms with Gasteiger partial charge in [0.25, 0.3) is 0 Å². The Labute approximate surface area is 118 Å². The summed E-state index contributed by atoms with van der Waals surface area (Å²) in [6, 6.07) is 8.13. The zero-order valence-electron chi connectivity index (χ0n) is 11.0. The van der Waals surface area contributed by atoms with E-state index in [9.17, 15) is 0 Å². The van der Waals surface area contributed by atoms with Crippen LogP contribution in [0, 0.1) is 0 Å². The lowest BCUT2D eigenvalue weighted by atomic mass is 10.0. The minimum Gasteiger partial charge on any atom is -0.276 e. The molecule has 0 bridgehead atoms. The highest BCUT2D eigenvalue weighted by Gasteiger charge is 2.09. The molecule has 0 saturated carbocycles. The van der Waals surface area contributed by atoms with Crippen LogP contribution in [0.4, 0.5) is 0 Å². The van der Waals surface area contributed by atoms with Gasteiger partial charge in [0.05, 0.1) is 6.20 Å². The van der Waals surface area contributed by atoms with Gasteiger partial charge in [0.15, 0.2) is 0 Å². The van der Waals surface area contributed by atoms with Gasteiger partial charge in [0.2, 0.25) is 0 Å². The molecule has 0 spiro atoms. The minimum atomic E-state index is 0.235. The molecule has 1 aromatic heterocycles. The number of hydrogen-bond donors (Lipinski definition) is 2. The van der Waals surface area contributed by atoms with Gasteiger partial charge in [0, 0.05) is 24.3 Å². The number of nitrogens with one attached hydrogen (secondary N) is 1. The summed E-state index contributed by atoms with van der Waals surface area (Å²) >= 11 is 5.98. The van der Waals surface area contributed by atoms with E-state index in [0.29, 0.717) is 0 Å². The first kappa shape index (κ1) is 14.1. The number of hydrogen-bond acceptors (Lipinski definition) is 3. The van der Waals surface area contributed by atoms with Crippen LogP contribution in [-0.4, -0.2) is 15.8 Å². The highest BCUT2D eigenvalue weighted by atomic mass is 35.5. The van der Waals surface area contributed by atoms with Gasteiger partial charge in [-0.2, -0.15) is 5.10 Å². The van der Waals surface area contributed by atoms with Crippen LogP contribution in [0.1, 0.15) is 17.5 Å². The molecule has 1 heterocycles. The molecular weight excluding hydrogens is 260 g/mol. The molecule has 1 atom stereocenters. The molecule has 0 saturated heterocycles. The van der Waals surface area contributed by atoms with Gasteiger partial charge in [0.1, 0.15) is 0 Å². The van der Waals surface area contributed by atoms with Crippen molar-refractivity contribution in [3.63, 3.8) is 0 Å². The second kappa shape index (κ2) is 6.70. The van der Waals surface area contributed by atoms with E-state index in [1.54, 1.807) is 0 Å². The average molecular weight is 279 g/mol. The van der Waals surface area contributed by atoms with E-state index < -0.39 is 0 Å². The zero-order chi connectivity index (χ0) is 13.7.